The first-order chi connectivity index (χ1) is 9.56. The molecular formula is C15H18N2O3. The second kappa shape index (κ2) is 5.86. The topological polar surface area (TPSA) is 72.1 Å². The molecule has 2 aromatic rings. The number of nitrogens with zero attached hydrogens (tertiary/aromatic N) is 1. The lowest BCUT2D eigenvalue weighted by Crippen LogP contribution is -2.15. The van der Waals surface area contributed by atoms with Gasteiger partial charge in [-0.05, 0) is 19.9 Å². The van der Waals surface area contributed by atoms with E-state index >= 15 is 0 Å². The van der Waals surface area contributed by atoms with E-state index in [1.54, 1.807) is 19.2 Å². The summed E-state index contributed by atoms with van der Waals surface area (Å²) in [5, 5.41) is 0.459. The summed E-state index contributed by atoms with van der Waals surface area (Å²) >= 11 is 0. The van der Waals surface area contributed by atoms with Gasteiger partial charge in [0.1, 0.15) is 17.2 Å². The van der Waals surface area contributed by atoms with E-state index in [9.17, 15) is 9.59 Å². The zero-order valence-corrected chi connectivity index (χ0v) is 11.9. The van der Waals surface area contributed by atoms with E-state index < -0.39 is 0 Å². The fourth-order valence-corrected chi connectivity index (χ4v) is 2.03. The third kappa shape index (κ3) is 2.71. The molecule has 2 rings (SSSR count). The van der Waals surface area contributed by atoms with E-state index in [0.29, 0.717) is 35.4 Å². The second-order valence-corrected chi connectivity index (χ2v) is 4.61. The van der Waals surface area contributed by atoms with Gasteiger partial charge in [0.05, 0.1) is 17.7 Å². The van der Waals surface area contributed by atoms with Crippen molar-refractivity contribution in [1.82, 2.24) is 9.97 Å². The minimum absolute atomic E-state index is 0.0416. The Morgan fingerprint density at radius 1 is 1.40 bits per heavy atom. The molecule has 2 heterocycles. The van der Waals surface area contributed by atoms with Crippen LogP contribution >= 0.6 is 0 Å². The van der Waals surface area contributed by atoms with Crippen LogP contribution < -0.4 is 10.2 Å². The van der Waals surface area contributed by atoms with E-state index in [1.165, 1.54) is 0 Å². The molecule has 0 aliphatic rings. The average molecular weight is 274 g/mol. The van der Waals surface area contributed by atoms with Crippen molar-refractivity contribution in [3.63, 3.8) is 0 Å². The van der Waals surface area contributed by atoms with Crippen LogP contribution in [-0.2, 0) is 11.2 Å². The van der Waals surface area contributed by atoms with Crippen LogP contribution in [0.4, 0.5) is 0 Å². The zero-order valence-electron chi connectivity index (χ0n) is 11.9. The molecular weight excluding hydrogens is 256 g/mol. The summed E-state index contributed by atoms with van der Waals surface area (Å²) in [6, 6.07) is 1.69. The summed E-state index contributed by atoms with van der Waals surface area (Å²) in [5.41, 5.74) is 1.56. The highest BCUT2D eigenvalue weighted by Gasteiger charge is 2.12. The van der Waals surface area contributed by atoms with Crippen LogP contribution in [-0.4, -0.2) is 22.4 Å². The smallest absolute Gasteiger partial charge is 0.194 e. The molecule has 0 saturated carbocycles. The fourth-order valence-electron chi connectivity index (χ4n) is 2.03. The molecule has 0 aromatic carbocycles. The number of fused-ring (bicyclic) bond motifs is 1. The van der Waals surface area contributed by atoms with Crippen LogP contribution in [0.2, 0.25) is 0 Å². The van der Waals surface area contributed by atoms with Crippen LogP contribution in [0, 0.1) is 6.92 Å². The van der Waals surface area contributed by atoms with Crippen molar-refractivity contribution in [3.8, 4) is 5.75 Å². The molecule has 0 bridgehead atoms. The van der Waals surface area contributed by atoms with Gasteiger partial charge in [0.25, 0.3) is 0 Å². The van der Waals surface area contributed by atoms with Gasteiger partial charge < -0.3 is 9.72 Å². The predicted molar refractivity (Wildman–Crippen MR) is 77.3 cm³/mol. The zero-order chi connectivity index (χ0) is 14.7. The molecule has 0 fully saturated rings. The number of rotatable bonds is 5. The SMILES string of the molecule is CCOc1cc2c(=O)c(CC(=O)CC)c[nH]c2nc1C. The van der Waals surface area contributed by atoms with Crippen LogP contribution in [0.1, 0.15) is 31.5 Å². The quantitative estimate of drug-likeness (QED) is 0.906. The summed E-state index contributed by atoms with van der Waals surface area (Å²) < 4.78 is 5.46. The van der Waals surface area contributed by atoms with Crippen LogP contribution in [0.5, 0.6) is 5.75 Å². The van der Waals surface area contributed by atoms with Gasteiger partial charge in [0.2, 0.25) is 0 Å². The molecule has 0 saturated heterocycles. The van der Waals surface area contributed by atoms with Crippen LogP contribution in [0.25, 0.3) is 11.0 Å². The highest BCUT2D eigenvalue weighted by Crippen LogP contribution is 2.19. The number of hydrogen-bond donors (Lipinski definition) is 1. The standard InChI is InChI=1S/C15H18N2O3/c1-4-11(18)6-10-8-16-15-12(14(10)19)7-13(20-5-2)9(3)17-15/h7-8H,4-6H2,1-3H3,(H,16,17,19). The summed E-state index contributed by atoms with van der Waals surface area (Å²) in [4.78, 5) is 31.2. The number of nitrogens with one attached hydrogen (secondary N) is 1. The largest absolute Gasteiger partial charge is 0.492 e. The molecule has 1 N–H and O–H groups in total. The van der Waals surface area contributed by atoms with Crippen molar-refractivity contribution in [1.29, 1.82) is 0 Å². The molecule has 5 heteroatoms. The van der Waals surface area contributed by atoms with Gasteiger partial charge in [0.15, 0.2) is 5.43 Å². The first-order valence-corrected chi connectivity index (χ1v) is 6.73. The third-order valence-electron chi connectivity index (χ3n) is 3.17. The first kappa shape index (κ1) is 14.2. The number of aromatic amines is 1. The monoisotopic (exact) mass is 274 g/mol. The van der Waals surface area contributed by atoms with Crippen LogP contribution in [0.15, 0.2) is 17.1 Å². The normalized spacial score (nSPS) is 10.8. The molecule has 2 aromatic heterocycles. The Hall–Kier alpha value is -2.17. The van der Waals surface area contributed by atoms with Crippen molar-refractivity contribution < 1.29 is 9.53 Å². The van der Waals surface area contributed by atoms with Gasteiger partial charge in [-0.1, -0.05) is 6.92 Å². The Bertz CT molecular complexity index is 704. The highest BCUT2D eigenvalue weighted by atomic mass is 16.5. The van der Waals surface area contributed by atoms with Gasteiger partial charge >= 0.3 is 0 Å². The molecule has 5 nitrogen and oxygen atoms in total. The lowest BCUT2D eigenvalue weighted by Gasteiger charge is -2.08. The van der Waals surface area contributed by atoms with E-state index in [2.05, 4.69) is 9.97 Å². The van der Waals surface area contributed by atoms with Gasteiger partial charge in [-0.15, -0.1) is 0 Å². The lowest BCUT2D eigenvalue weighted by atomic mass is 10.1. The minimum Gasteiger partial charge on any atom is -0.492 e. The van der Waals surface area contributed by atoms with Crippen LogP contribution in [0.3, 0.4) is 0 Å². The Morgan fingerprint density at radius 3 is 2.80 bits per heavy atom. The number of carbonyl (C=O) groups is 1. The number of Topliss-reactive ketones (excluding diaryl/α,β-unsaturated/α-hetero) is 1. The number of H-pyrrole nitrogens is 1. The summed E-state index contributed by atoms with van der Waals surface area (Å²) in [6.45, 7) is 6.01. The van der Waals surface area contributed by atoms with Crippen molar-refractivity contribution in [2.45, 2.75) is 33.6 Å². The molecule has 106 valence electrons. The Morgan fingerprint density at radius 2 is 2.15 bits per heavy atom. The average Bonchev–Trinajstić information content (AvgIpc) is 2.43. The number of aromatic nitrogens is 2. The molecule has 0 amide bonds. The van der Waals surface area contributed by atoms with Gasteiger partial charge in [-0.25, -0.2) is 4.98 Å². The van der Waals surface area contributed by atoms with Crippen molar-refractivity contribution in [3.05, 3.63) is 33.7 Å². The van der Waals surface area contributed by atoms with Crippen molar-refractivity contribution >= 4 is 16.8 Å². The number of ketones is 1. The first-order valence-electron chi connectivity index (χ1n) is 6.73. The van der Waals surface area contributed by atoms with E-state index in [1.807, 2.05) is 13.8 Å². The molecule has 0 atom stereocenters. The van der Waals surface area contributed by atoms with E-state index in [0.717, 1.165) is 5.69 Å². The predicted octanol–water partition coefficient (Wildman–Crippen LogP) is 2.15. The Kier molecular flexibility index (Phi) is 4.17. The number of hydrogen-bond acceptors (Lipinski definition) is 4. The minimum atomic E-state index is -0.158. The molecule has 20 heavy (non-hydrogen) atoms. The van der Waals surface area contributed by atoms with Crippen molar-refractivity contribution in [2.24, 2.45) is 0 Å². The molecule has 0 spiro atoms. The highest BCUT2D eigenvalue weighted by molar-refractivity contribution is 5.83. The third-order valence-corrected chi connectivity index (χ3v) is 3.17. The number of carbonyl (C=O) groups excluding carboxylic acids is 1. The summed E-state index contributed by atoms with van der Waals surface area (Å²) in [7, 11) is 0. The second-order valence-electron chi connectivity index (χ2n) is 4.61. The maximum atomic E-state index is 12.4. The number of ether oxygens (including phenoxy) is 1. The summed E-state index contributed by atoms with van der Waals surface area (Å²) in [6.07, 6.45) is 2.15. The molecule has 0 radical (unpaired) electrons. The maximum absolute atomic E-state index is 12.4. The number of pyridine rings is 2. The lowest BCUT2D eigenvalue weighted by molar-refractivity contribution is -0.118. The van der Waals surface area contributed by atoms with E-state index in [4.69, 9.17) is 4.74 Å². The summed E-state index contributed by atoms with van der Waals surface area (Å²) in [5.74, 6) is 0.643. The fraction of sp³-hybridized carbons (Fsp3) is 0.400. The Balaban J connectivity index is 2.56. The molecule has 0 aliphatic heterocycles. The number of aryl methyl sites for hydroxylation is 1. The maximum Gasteiger partial charge on any atom is 0.194 e. The molecule has 0 unspecified atom stereocenters. The van der Waals surface area contributed by atoms with Gasteiger partial charge in [-0.2, -0.15) is 0 Å². The van der Waals surface area contributed by atoms with Crippen molar-refractivity contribution in [2.75, 3.05) is 6.61 Å². The Labute approximate surface area is 117 Å². The van der Waals surface area contributed by atoms with Gasteiger partial charge in [-0.3, -0.25) is 9.59 Å². The molecule has 0 aliphatic carbocycles. The van der Waals surface area contributed by atoms with E-state index in [-0.39, 0.29) is 17.6 Å². The van der Waals surface area contributed by atoms with Gasteiger partial charge in [0, 0.05) is 24.6 Å².